The van der Waals surface area contributed by atoms with Crippen molar-refractivity contribution in [2.24, 2.45) is 39.4 Å². The third kappa shape index (κ3) is 4.50. The second kappa shape index (κ2) is 10.4. The molecular weight excluding hydrogens is 520 g/mol. The number of aliphatic hydroxyl groups excluding tert-OH is 1. The van der Waals surface area contributed by atoms with E-state index >= 15 is 0 Å². The van der Waals surface area contributed by atoms with Crippen LogP contribution in [0.2, 0.25) is 0 Å². The van der Waals surface area contributed by atoms with E-state index in [1.54, 1.807) is 0 Å². The van der Waals surface area contributed by atoms with Crippen LogP contribution in [0.25, 0.3) is 0 Å². The van der Waals surface area contributed by atoms with Gasteiger partial charge < -0.3 is 19.3 Å². The van der Waals surface area contributed by atoms with E-state index in [1.807, 2.05) is 13.8 Å². The first-order valence-electron chi connectivity index (χ1n) is 16.1. The highest BCUT2D eigenvalue weighted by atomic mass is 16.6. The summed E-state index contributed by atoms with van der Waals surface area (Å²) in [6, 6.07) is 0. The normalized spacial score (nSPS) is 44.9. The summed E-state index contributed by atoms with van der Waals surface area (Å²) in [7, 11) is 0. The lowest BCUT2D eigenvalue weighted by Gasteiger charge is -2.70. The summed E-state index contributed by atoms with van der Waals surface area (Å²) >= 11 is 0. The van der Waals surface area contributed by atoms with Gasteiger partial charge in [0.15, 0.2) is 0 Å². The molecule has 7 nitrogen and oxygen atoms in total. The van der Waals surface area contributed by atoms with Crippen LogP contribution in [-0.4, -0.2) is 47.4 Å². The van der Waals surface area contributed by atoms with E-state index in [0.717, 1.165) is 56.1 Å². The number of fused-ring (bicyclic) bond motifs is 6. The van der Waals surface area contributed by atoms with Crippen LogP contribution >= 0.6 is 0 Å². The number of ether oxygens (including phenoxy) is 3. The van der Waals surface area contributed by atoms with Gasteiger partial charge in [-0.3, -0.25) is 9.59 Å². The zero-order valence-corrected chi connectivity index (χ0v) is 26.5. The number of carbonyl (C=O) groups excluding carboxylic acids is 3. The third-order valence-electron chi connectivity index (χ3n) is 13.2. The summed E-state index contributed by atoms with van der Waals surface area (Å²) in [4.78, 5) is 38.7. The third-order valence-corrected chi connectivity index (χ3v) is 13.2. The number of rotatable bonds is 6. The maximum Gasteiger partial charge on any atom is 0.335 e. The van der Waals surface area contributed by atoms with E-state index in [1.165, 1.54) is 6.92 Å². The van der Waals surface area contributed by atoms with Crippen LogP contribution in [-0.2, 0) is 28.6 Å². The lowest BCUT2D eigenvalue weighted by molar-refractivity contribution is -0.237. The average molecular weight is 573 g/mol. The molecule has 4 aliphatic carbocycles. The van der Waals surface area contributed by atoms with Gasteiger partial charge in [0.1, 0.15) is 18.3 Å². The van der Waals surface area contributed by atoms with Gasteiger partial charge in [0.2, 0.25) is 0 Å². The molecule has 0 saturated heterocycles. The quantitative estimate of drug-likeness (QED) is 0.294. The molecule has 5 aliphatic rings. The Kier molecular flexibility index (Phi) is 7.74. The van der Waals surface area contributed by atoms with Crippen molar-refractivity contribution in [3.8, 4) is 0 Å². The molecule has 0 amide bonds. The Labute approximate surface area is 246 Å². The molecule has 0 unspecified atom stereocenters. The minimum atomic E-state index is -0.740. The Morgan fingerprint density at radius 2 is 1.73 bits per heavy atom. The topological polar surface area (TPSA) is 99.1 Å². The molecule has 230 valence electrons. The zero-order valence-electron chi connectivity index (χ0n) is 26.5. The highest BCUT2D eigenvalue weighted by Crippen LogP contribution is 2.74. The van der Waals surface area contributed by atoms with Crippen LogP contribution in [0, 0.1) is 39.4 Å². The Balaban J connectivity index is 1.58. The molecule has 1 N–H and O–H groups in total. The van der Waals surface area contributed by atoms with Gasteiger partial charge >= 0.3 is 17.9 Å². The van der Waals surface area contributed by atoms with Gasteiger partial charge in [-0.15, -0.1) is 0 Å². The molecule has 3 saturated carbocycles. The first-order valence-corrected chi connectivity index (χ1v) is 16.1. The maximum atomic E-state index is 13.4. The zero-order chi connectivity index (χ0) is 30.1. The van der Waals surface area contributed by atoms with Crippen LogP contribution in [0.1, 0.15) is 120 Å². The van der Waals surface area contributed by atoms with Crippen LogP contribution in [0.5, 0.6) is 0 Å². The standard InChI is InChI=1S/C34H52O7/c1-9-22(36)17-28(37)41-27-18-26-32(6)15-10-14-31(5,20(3)40-21(4)35)24(32)13-16-33(26,7)25-12-11-23-19(2)39-30(38)29(23)34(25,27)8/h19-20,22,24-27,36H,9-18H2,1-8H3/t19-,20+,22+,24+,25+,26-,27+,31-,32+,33+,34-/m1/s1. The van der Waals surface area contributed by atoms with Crippen LogP contribution in [0.15, 0.2) is 11.1 Å². The molecule has 41 heavy (non-hydrogen) atoms. The molecule has 5 rings (SSSR count). The lowest BCUT2D eigenvalue weighted by Crippen LogP contribution is -2.67. The number of hydrogen-bond donors (Lipinski definition) is 1. The Bertz CT molecular complexity index is 1130. The molecule has 0 aromatic heterocycles. The molecule has 3 fully saturated rings. The fourth-order valence-electron chi connectivity index (χ4n) is 11.1. The predicted molar refractivity (Wildman–Crippen MR) is 154 cm³/mol. The number of aliphatic hydroxyl groups is 1. The molecule has 0 aromatic rings. The lowest BCUT2D eigenvalue weighted by atomic mass is 9.34. The van der Waals surface area contributed by atoms with Gasteiger partial charge in [0.25, 0.3) is 0 Å². The molecule has 7 heteroatoms. The van der Waals surface area contributed by atoms with E-state index in [0.29, 0.717) is 18.8 Å². The number of cyclic esters (lactones) is 1. The largest absolute Gasteiger partial charge is 0.462 e. The molecule has 0 spiro atoms. The highest BCUT2D eigenvalue weighted by Gasteiger charge is 2.70. The molecule has 0 aromatic carbocycles. The maximum absolute atomic E-state index is 13.4. The predicted octanol–water partition coefficient (Wildman–Crippen LogP) is 6.30. The van der Waals surface area contributed by atoms with E-state index in [4.69, 9.17) is 14.2 Å². The SMILES string of the molecule is CC[C@H](O)CC(=O)O[C@H]1C[C@@H]2[C@@]3(C)CCC[C@](C)([C@H](C)OC(C)=O)[C@@H]3CC[C@@]2(C)[C@@H]2CCC3=C(C(=O)O[C@@H]3C)[C@@]12C. The number of esters is 3. The molecular formula is C34H52O7. The molecule has 0 bridgehead atoms. The summed E-state index contributed by atoms with van der Waals surface area (Å²) in [6.45, 7) is 16.7. The first kappa shape index (κ1) is 30.6. The summed E-state index contributed by atoms with van der Waals surface area (Å²) in [6.07, 6.45) is 6.54. The van der Waals surface area contributed by atoms with Crippen molar-refractivity contribution in [2.45, 2.75) is 144 Å². The van der Waals surface area contributed by atoms with Crippen molar-refractivity contribution in [3.63, 3.8) is 0 Å². The molecule has 11 atom stereocenters. The monoisotopic (exact) mass is 572 g/mol. The van der Waals surface area contributed by atoms with Crippen LogP contribution in [0.4, 0.5) is 0 Å². The van der Waals surface area contributed by atoms with E-state index < -0.39 is 23.6 Å². The Hall–Kier alpha value is -1.89. The van der Waals surface area contributed by atoms with Crippen LogP contribution in [0.3, 0.4) is 0 Å². The van der Waals surface area contributed by atoms with Crippen molar-refractivity contribution in [1.82, 2.24) is 0 Å². The summed E-state index contributed by atoms with van der Waals surface area (Å²) < 4.78 is 18.0. The Morgan fingerprint density at radius 1 is 1.05 bits per heavy atom. The van der Waals surface area contributed by atoms with Crippen molar-refractivity contribution < 1.29 is 33.7 Å². The summed E-state index contributed by atoms with van der Waals surface area (Å²) in [5, 5.41) is 10.3. The van der Waals surface area contributed by atoms with Gasteiger partial charge in [-0.2, -0.15) is 0 Å². The molecule has 1 heterocycles. The second-order valence-electron chi connectivity index (χ2n) is 15.1. The van der Waals surface area contributed by atoms with Gasteiger partial charge in [0.05, 0.1) is 12.5 Å². The van der Waals surface area contributed by atoms with E-state index in [9.17, 15) is 19.5 Å². The van der Waals surface area contributed by atoms with Gasteiger partial charge in [-0.25, -0.2) is 4.79 Å². The fraction of sp³-hybridized carbons (Fsp3) is 0.853. The van der Waals surface area contributed by atoms with E-state index in [2.05, 4.69) is 34.6 Å². The average Bonchev–Trinajstić information content (AvgIpc) is 3.18. The Morgan fingerprint density at radius 3 is 2.39 bits per heavy atom. The first-order chi connectivity index (χ1) is 19.1. The number of carbonyl (C=O) groups is 3. The van der Waals surface area contributed by atoms with Gasteiger partial charge in [-0.05, 0) is 99.4 Å². The molecule has 1 aliphatic heterocycles. The smallest absolute Gasteiger partial charge is 0.335 e. The fourth-order valence-corrected chi connectivity index (χ4v) is 11.1. The minimum absolute atomic E-state index is 0.0263. The van der Waals surface area contributed by atoms with Crippen molar-refractivity contribution >= 4 is 17.9 Å². The second-order valence-corrected chi connectivity index (χ2v) is 15.1. The van der Waals surface area contributed by atoms with Gasteiger partial charge in [-0.1, -0.05) is 41.0 Å². The van der Waals surface area contributed by atoms with Crippen molar-refractivity contribution in [2.75, 3.05) is 0 Å². The van der Waals surface area contributed by atoms with Crippen molar-refractivity contribution in [1.29, 1.82) is 0 Å². The highest BCUT2D eigenvalue weighted by molar-refractivity contribution is 5.94. The van der Waals surface area contributed by atoms with Crippen LogP contribution < -0.4 is 0 Å². The van der Waals surface area contributed by atoms with Gasteiger partial charge in [0, 0.05) is 23.3 Å². The van der Waals surface area contributed by atoms with E-state index in [-0.39, 0.29) is 58.6 Å². The van der Waals surface area contributed by atoms with Crippen molar-refractivity contribution in [3.05, 3.63) is 11.1 Å². The summed E-state index contributed by atoms with van der Waals surface area (Å²) in [5.74, 6) is -0.0665. The number of hydrogen-bond acceptors (Lipinski definition) is 7. The minimum Gasteiger partial charge on any atom is -0.462 e. The summed E-state index contributed by atoms with van der Waals surface area (Å²) in [5.41, 5.74) is 0.982. The molecule has 0 radical (unpaired) electrons.